The topological polar surface area (TPSA) is 86.0 Å². The number of aromatic nitrogens is 5. The summed E-state index contributed by atoms with van der Waals surface area (Å²) in [5, 5.41) is 9.21. The highest BCUT2D eigenvalue weighted by molar-refractivity contribution is 5.85. The fourth-order valence-electron chi connectivity index (χ4n) is 3.18. The van der Waals surface area contributed by atoms with Crippen LogP contribution in [-0.4, -0.2) is 68.3 Å². The Kier molecular flexibility index (Phi) is 4.91. The van der Waals surface area contributed by atoms with Crippen LogP contribution in [0.4, 0.5) is 0 Å². The van der Waals surface area contributed by atoms with Crippen molar-refractivity contribution in [2.24, 2.45) is 7.05 Å². The Morgan fingerprint density at radius 3 is 2.78 bits per heavy atom. The fraction of sp³-hybridized carbons (Fsp3) is 0.421. The van der Waals surface area contributed by atoms with Crippen LogP contribution in [0.2, 0.25) is 0 Å². The molecule has 3 aromatic rings. The Bertz CT molecular complexity index is 977. The first-order chi connectivity index (χ1) is 13.1. The van der Waals surface area contributed by atoms with Crippen molar-refractivity contribution in [3.8, 4) is 11.5 Å². The number of morpholine rings is 1. The molecule has 0 atom stereocenters. The van der Waals surface area contributed by atoms with E-state index in [0.717, 1.165) is 47.0 Å². The average Bonchev–Trinajstić information content (AvgIpc) is 3.01. The number of ketones is 1. The van der Waals surface area contributed by atoms with Crippen LogP contribution >= 0.6 is 0 Å². The molecule has 4 heterocycles. The summed E-state index contributed by atoms with van der Waals surface area (Å²) in [6.07, 6.45) is 2.08. The van der Waals surface area contributed by atoms with Crippen molar-refractivity contribution >= 4 is 16.7 Å². The summed E-state index contributed by atoms with van der Waals surface area (Å²) in [4.78, 5) is 23.6. The van der Waals surface area contributed by atoms with Crippen LogP contribution in [0.5, 0.6) is 0 Å². The average molecular weight is 366 g/mol. The molecule has 0 bridgehead atoms. The SMILES string of the molecule is Cc1nnc(-c2ccc3cnc(CC(=O)CN4CCOCC4)cc3n2)n1C. The molecule has 4 rings (SSSR count). The zero-order valence-corrected chi connectivity index (χ0v) is 15.6. The Morgan fingerprint density at radius 2 is 2.04 bits per heavy atom. The van der Waals surface area contributed by atoms with Gasteiger partial charge in [0.05, 0.1) is 31.7 Å². The first-order valence-electron chi connectivity index (χ1n) is 9.04. The molecule has 8 nitrogen and oxygen atoms in total. The normalized spacial score (nSPS) is 15.3. The Hall–Kier alpha value is -2.71. The van der Waals surface area contributed by atoms with Gasteiger partial charge in [0.1, 0.15) is 11.5 Å². The van der Waals surface area contributed by atoms with Crippen molar-refractivity contribution in [1.29, 1.82) is 0 Å². The van der Waals surface area contributed by atoms with Gasteiger partial charge in [-0.15, -0.1) is 10.2 Å². The van der Waals surface area contributed by atoms with E-state index in [-0.39, 0.29) is 5.78 Å². The largest absolute Gasteiger partial charge is 0.379 e. The van der Waals surface area contributed by atoms with Gasteiger partial charge in [-0.3, -0.25) is 14.7 Å². The van der Waals surface area contributed by atoms with Gasteiger partial charge in [-0.2, -0.15) is 0 Å². The van der Waals surface area contributed by atoms with Gasteiger partial charge in [0.15, 0.2) is 11.6 Å². The molecule has 0 aliphatic carbocycles. The molecule has 0 N–H and O–H groups in total. The molecule has 0 unspecified atom stereocenters. The van der Waals surface area contributed by atoms with Gasteiger partial charge in [0.2, 0.25) is 0 Å². The van der Waals surface area contributed by atoms with Crippen LogP contribution in [0.1, 0.15) is 11.5 Å². The van der Waals surface area contributed by atoms with Crippen LogP contribution in [0, 0.1) is 6.92 Å². The zero-order chi connectivity index (χ0) is 18.8. The van der Waals surface area contributed by atoms with Gasteiger partial charge < -0.3 is 9.30 Å². The lowest BCUT2D eigenvalue weighted by atomic mass is 10.1. The highest BCUT2D eigenvalue weighted by atomic mass is 16.5. The second-order valence-electron chi connectivity index (χ2n) is 6.80. The predicted molar refractivity (Wildman–Crippen MR) is 100 cm³/mol. The maximum Gasteiger partial charge on any atom is 0.182 e. The first-order valence-corrected chi connectivity index (χ1v) is 9.04. The van der Waals surface area contributed by atoms with E-state index in [2.05, 4.69) is 20.1 Å². The molecule has 27 heavy (non-hydrogen) atoms. The highest BCUT2D eigenvalue weighted by Crippen LogP contribution is 2.20. The van der Waals surface area contributed by atoms with Crippen LogP contribution in [0.15, 0.2) is 24.4 Å². The second-order valence-corrected chi connectivity index (χ2v) is 6.80. The van der Waals surface area contributed by atoms with Gasteiger partial charge >= 0.3 is 0 Å². The zero-order valence-electron chi connectivity index (χ0n) is 15.6. The van der Waals surface area contributed by atoms with Gasteiger partial charge in [-0.05, 0) is 25.1 Å². The van der Waals surface area contributed by atoms with Gasteiger partial charge in [-0.25, -0.2) is 4.98 Å². The number of hydrogen-bond acceptors (Lipinski definition) is 7. The number of rotatable bonds is 5. The molecular formula is C19H22N6O2. The molecule has 1 saturated heterocycles. The smallest absolute Gasteiger partial charge is 0.182 e. The summed E-state index contributed by atoms with van der Waals surface area (Å²) < 4.78 is 7.23. The van der Waals surface area contributed by atoms with E-state index in [4.69, 9.17) is 9.72 Å². The number of carbonyl (C=O) groups is 1. The molecule has 3 aromatic heterocycles. The molecule has 0 radical (unpaired) electrons. The minimum atomic E-state index is 0.156. The lowest BCUT2D eigenvalue weighted by Crippen LogP contribution is -2.39. The van der Waals surface area contributed by atoms with E-state index in [0.29, 0.717) is 26.2 Å². The summed E-state index contributed by atoms with van der Waals surface area (Å²) in [5.41, 5.74) is 2.29. The van der Waals surface area contributed by atoms with Crippen molar-refractivity contribution in [3.05, 3.63) is 35.9 Å². The number of hydrogen-bond donors (Lipinski definition) is 0. The quantitative estimate of drug-likeness (QED) is 0.670. The first kappa shape index (κ1) is 17.7. The van der Waals surface area contributed by atoms with E-state index < -0.39 is 0 Å². The van der Waals surface area contributed by atoms with Crippen molar-refractivity contribution in [1.82, 2.24) is 29.6 Å². The van der Waals surface area contributed by atoms with Crippen LogP contribution in [0.25, 0.3) is 22.4 Å². The number of aryl methyl sites for hydroxylation is 1. The summed E-state index contributed by atoms with van der Waals surface area (Å²) >= 11 is 0. The maximum atomic E-state index is 12.4. The highest BCUT2D eigenvalue weighted by Gasteiger charge is 2.15. The molecule has 1 fully saturated rings. The summed E-state index contributed by atoms with van der Waals surface area (Å²) in [6.45, 7) is 5.33. The molecule has 8 heteroatoms. The number of Topliss-reactive ketones (excluding diaryl/α,β-unsaturated/α-hetero) is 1. The van der Waals surface area contributed by atoms with E-state index in [1.54, 1.807) is 6.20 Å². The Morgan fingerprint density at radius 1 is 1.22 bits per heavy atom. The third-order valence-electron chi connectivity index (χ3n) is 4.83. The molecule has 0 aromatic carbocycles. The Labute approximate surface area is 157 Å². The minimum Gasteiger partial charge on any atom is -0.379 e. The van der Waals surface area contributed by atoms with Crippen molar-refractivity contribution in [2.45, 2.75) is 13.3 Å². The number of fused-ring (bicyclic) bond motifs is 1. The lowest BCUT2D eigenvalue weighted by Gasteiger charge is -2.25. The van der Waals surface area contributed by atoms with Crippen molar-refractivity contribution in [2.75, 3.05) is 32.8 Å². The third kappa shape index (κ3) is 3.86. The molecule has 0 saturated carbocycles. The number of nitrogens with zero attached hydrogens (tertiary/aromatic N) is 6. The number of ether oxygens (including phenoxy) is 1. The van der Waals surface area contributed by atoms with E-state index in [1.807, 2.05) is 36.7 Å². The minimum absolute atomic E-state index is 0.156. The molecule has 140 valence electrons. The maximum absolute atomic E-state index is 12.4. The molecular weight excluding hydrogens is 344 g/mol. The van der Waals surface area contributed by atoms with Crippen molar-refractivity contribution in [3.63, 3.8) is 0 Å². The second kappa shape index (κ2) is 7.50. The molecule has 0 spiro atoms. The van der Waals surface area contributed by atoms with Crippen LogP contribution in [-0.2, 0) is 23.0 Å². The molecule has 1 aliphatic rings. The standard InChI is InChI=1S/C19H22N6O2/c1-13-22-23-19(24(13)2)17-4-3-14-11-20-15(10-18(14)21-17)9-16(26)12-25-5-7-27-8-6-25/h3-4,10-11H,5-9,12H2,1-2H3. The van der Waals surface area contributed by atoms with Crippen LogP contribution < -0.4 is 0 Å². The van der Waals surface area contributed by atoms with E-state index in [1.165, 1.54) is 0 Å². The van der Waals surface area contributed by atoms with Gasteiger partial charge in [0.25, 0.3) is 0 Å². The van der Waals surface area contributed by atoms with Gasteiger partial charge in [0, 0.05) is 37.4 Å². The third-order valence-corrected chi connectivity index (χ3v) is 4.83. The fourth-order valence-corrected chi connectivity index (χ4v) is 3.18. The lowest BCUT2D eigenvalue weighted by molar-refractivity contribution is -0.120. The number of carbonyl (C=O) groups excluding carboxylic acids is 1. The van der Waals surface area contributed by atoms with Crippen LogP contribution in [0.3, 0.4) is 0 Å². The summed E-state index contributed by atoms with van der Waals surface area (Å²) in [7, 11) is 1.92. The Balaban J connectivity index is 1.53. The molecule has 1 aliphatic heterocycles. The predicted octanol–water partition coefficient (Wildman–Crippen LogP) is 1.18. The molecule has 0 amide bonds. The van der Waals surface area contributed by atoms with E-state index in [9.17, 15) is 4.79 Å². The van der Waals surface area contributed by atoms with E-state index >= 15 is 0 Å². The monoisotopic (exact) mass is 366 g/mol. The summed E-state index contributed by atoms with van der Waals surface area (Å²) in [5.74, 6) is 1.70. The van der Waals surface area contributed by atoms with Gasteiger partial charge in [-0.1, -0.05) is 0 Å². The number of pyridine rings is 2. The summed E-state index contributed by atoms with van der Waals surface area (Å²) in [6, 6.07) is 5.77. The van der Waals surface area contributed by atoms with Crippen molar-refractivity contribution < 1.29 is 9.53 Å².